The van der Waals surface area contributed by atoms with Gasteiger partial charge in [-0.1, -0.05) is 0 Å². The molecule has 2 fully saturated rings. The molecular weight excluding hydrogens is 346 g/mol. The average Bonchev–Trinajstić information content (AvgIpc) is 3.21. The fourth-order valence-corrected chi connectivity index (χ4v) is 4.09. The zero-order valence-electron chi connectivity index (χ0n) is 14.1. The van der Waals surface area contributed by atoms with E-state index in [1.807, 2.05) is 0 Å². The lowest BCUT2D eigenvalue weighted by atomic mass is 10.3. The molecule has 2 amide bonds. The maximum absolute atomic E-state index is 12.6. The number of carbonyl (C=O) groups is 2. The molecule has 0 aromatic heterocycles. The summed E-state index contributed by atoms with van der Waals surface area (Å²) < 4.78 is 31.4. The number of likely N-dealkylation sites (tertiary alicyclic amines) is 1. The lowest BCUT2D eigenvalue weighted by Crippen LogP contribution is -2.36. The fraction of sp³-hybridized carbons (Fsp3) is 0.500. The number of benzene rings is 1. The van der Waals surface area contributed by atoms with Gasteiger partial charge < -0.3 is 9.64 Å². The number of anilines is 1. The Morgan fingerprint density at radius 2 is 1.88 bits per heavy atom. The number of hydrogen-bond acceptors (Lipinski definition) is 5. The van der Waals surface area contributed by atoms with E-state index in [1.165, 1.54) is 28.4 Å². The molecule has 8 nitrogen and oxygen atoms in total. The number of carbonyl (C=O) groups excluding carboxylic acids is 2. The summed E-state index contributed by atoms with van der Waals surface area (Å²) in [6.45, 7) is 2.11. The van der Waals surface area contributed by atoms with E-state index in [0.29, 0.717) is 38.3 Å². The molecule has 2 heterocycles. The molecule has 0 aliphatic carbocycles. The molecule has 0 radical (unpaired) electrons. The second-order valence-electron chi connectivity index (χ2n) is 6.07. The van der Waals surface area contributed by atoms with Crippen molar-refractivity contribution in [3.63, 3.8) is 0 Å². The molecule has 0 atom stereocenters. The largest absolute Gasteiger partial charge is 0.447 e. The minimum absolute atomic E-state index is 0.0765. The van der Waals surface area contributed by atoms with Crippen LogP contribution in [-0.4, -0.2) is 69.5 Å². The van der Waals surface area contributed by atoms with Crippen molar-refractivity contribution in [1.82, 2.24) is 9.21 Å². The number of likely N-dealkylation sites (N-methyl/N-ethyl adjacent to an activating group) is 1. The van der Waals surface area contributed by atoms with Crippen LogP contribution in [0.4, 0.5) is 10.5 Å². The fourth-order valence-electron chi connectivity index (χ4n) is 2.93. The number of hydrogen-bond donors (Lipinski definition) is 0. The van der Waals surface area contributed by atoms with Gasteiger partial charge in [-0.2, -0.15) is 4.31 Å². The molecule has 2 saturated heterocycles. The number of amides is 2. The summed E-state index contributed by atoms with van der Waals surface area (Å²) >= 11 is 0. The van der Waals surface area contributed by atoms with Crippen molar-refractivity contribution in [3.05, 3.63) is 24.3 Å². The third-order valence-electron chi connectivity index (χ3n) is 4.47. The maximum atomic E-state index is 12.6. The molecule has 0 bridgehead atoms. The third-order valence-corrected chi connectivity index (χ3v) is 6.34. The van der Waals surface area contributed by atoms with E-state index in [9.17, 15) is 18.0 Å². The number of nitrogens with zero attached hydrogens (tertiary/aromatic N) is 3. The van der Waals surface area contributed by atoms with Gasteiger partial charge in [0.1, 0.15) is 6.61 Å². The lowest BCUT2D eigenvalue weighted by molar-refractivity contribution is -0.127. The predicted molar refractivity (Wildman–Crippen MR) is 90.8 cm³/mol. The SMILES string of the molecule is CN(CCN1CCCC1=O)S(=O)(=O)c1ccc(N2CCOC2=O)cc1. The average molecular weight is 367 g/mol. The smallest absolute Gasteiger partial charge is 0.414 e. The summed E-state index contributed by atoms with van der Waals surface area (Å²) in [5.41, 5.74) is 0.603. The Morgan fingerprint density at radius 1 is 1.16 bits per heavy atom. The van der Waals surface area contributed by atoms with Gasteiger partial charge in [-0.15, -0.1) is 0 Å². The first kappa shape index (κ1) is 17.7. The molecule has 2 aliphatic rings. The van der Waals surface area contributed by atoms with E-state index in [4.69, 9.17) is 4.74 Å². The van der Waals surface area contributed by atoms with Gasteiger partial charge in [-0.25, -0.2) is 13.2 Å². The van der Waals surface area contributed by atoms with Crippen LogP contribution in [0, 0.1) is 0 Å². The number of sulfonamides is 1. The number of ether oxygens (including phenoxy) is 1. The highest BCUT2D eigenvalue weighted by molar-refractivity contribution is 7.89. The van der Waals surface area contributed by atoms with E-state index in [1.54, 1.807) is 17.0 Å². The summed E-state index contributed by atoms with van der Waals surface area (Å²) in [6, 6.07) is 6.15. The van der Waals surface area contributed by atoms with E-state index >= 15 is 0 Å². The first-order valence-corrected chi connectivity index (χ1v) is 9.62. The third kappa shape index (κ3) is 3.62. The Bertz CT molecular complexity index is 762. The molecular formula is C16H21N3O5S. The molecule has 2 aliphatic heterocycles. The second kappa shape index (κ2) is 7.01. The van der Waals surface area contributed by atoms with Crippen molar-refractivity contribution in [2.75, 3.05) is 44.7 Å². The van der Waals surface area contributed by atoms with Gasteiger partial charge in [-0.05, 0) is 30.7 Å². The standard InChI is InChI=1S/C16H21N3O5S/c1-17(9-10-18-8-2-3-15(18)20)25(22,23)14-6-4-13(5-7-14)19-11-12-24-16(19)21/h4-7H,2-3,8-12H2,1H3. The Hall–Kier alpha value is -2.13. The van der Waals surface area contributed by atoms with Crippen LogP contribution >= 0.6 is 0 Å². The minimum Gasteiger partial charge on any atom is -0.447 e. The van der Waals surface area contributed by atoms with Gasteiger partial charge >= 0.3 is 6.09 Å². The van der Waals surface area contributed by atoms with Crippen molar-refractivity contribution in [1.29, 1.82) is 0 Å². The Balaban J connectivity index is 1.66. The molecule has 9 heteroatoms. The van der Waals surface area contributed by atoms with Gasteiger partial charge in [0.05, 0.1) is 11.4 Å². The number of rotatable bonds is 6. The summed E-state index contributed by atoms with van der Waals surface area (Å²) in [4.78, 5) is 26.5. The topological polar surface area (TPSA) is 87.2 Å². The van der Waals surface area contributed by atoms with E-state index in [0.717, 1.165) is 6.42 Å². The minimum atomic E-state index is -3.64. The summed E-state index contributed by atoms with van der Waals surface area (Å²) in [7, 11) is -2.14. The van der Waals surface area contributed by atoms with Crippen LogP contribution in [0.15, 0.2) is 29.2 Å². The van der Waals surface area contributed by atoms with Crippen LogP contribution in [0.3, 0.4) is 0 Å². The zero-order valence-corrected chi connectivity index (χ0v) is 14.9. The molecule has 0 N–H and O–H groups in total. The van der Waals surface area contributed by atoms with Crippen molar-refractivity contribution in [3.8, 4) is 0 Å². The predicted octanol–water partition coefficient (Wildman–Crippen LogP) is 0.886. The van der Waals surface area contributed by atoms with Crippen molar-refractivity contribution in [2.45, 2.75) is 17.7 Å². The van der Waals surface area contributed by atoms with E-state index in [-0.39, 0.29) is 17.3 Å². The van der Waals surface area contributed by atoms with Gasteiger partial charge in [0, 0.05) is 38.8 Å². The van der Waals surface area contributed by atoms with Crippen molar-refractivity contribution >= 4 is 27.7 Å². The summed E-state index contributed by atoms with van der Waals surface area (Å²) in [5.74, 6) is 0.0765. The van der Waals surface area contributed by atoms with Crippen molar-refractivity contribution in [2.24, 2.45) is 0 Å². The molecule has 3 rings (SSSR count). The first-order valence-electron chi connectivity index (χ1n) is 8.18. The maximum Gasteiger partial charge on any atom is 0.414 e. The first-order chi connectivity index (χ1) is 11.9. The molecule has 0 spiro atoms. The quantitative estimate of drug-likeness (QED) is 0.745. The Kier molecular flexibility index (Phi) is 4.96. The number of cyclic esters (lactones) is 1. The van der Waals surface area contributed by atoms with Crippen molar-refractivity contribution < 1.29 is 22.7 Å². The highest BCUT2D eigenvalue weighted by Gasteiger charge is 2.26. The normalized spacial score (nSPS) is 18.3. The van der Waals surface area contributed by atoms with Crippen LogP contribution in [-0.2, 0) is 19.6 Å². The Morgan fingerprint density at radius 3 is 2.44 bits per heavy atom. The highest BCUT2D eigenvalue weighted by Crippen LogP contribution is 2.22. The van der Waals surface area contributed by atoms with Gasteiger partial charge in [0.15, 0.2) is 0 Å². The van der Waals surface area contributed by atoms with Gasteiger partial charge in [0.2, 0.25) is 15.9 Å². The molecule has 0 saturated carbocycles. The monoisotopic (exact) mass is 367 g/mol. The second-order valence-corrected chi connectivity index (χ2v) is 8.12. The summed E-state index contributed by atoms with van der Waals surface area (Å²) in [5, 5.41) is 0. The molecule has 25 heavy (non-hydrogen) atoms. The van der Waals surface area contributed by atoms with E-state index < -0.39 is 16.1 Å². The molecule has 0 unspecified atom stereocenters. The van der Waals surface area contributed by atoms with Gasteiger partial charge in [0.25, 0.3) is 0 Å². The van der Waals surface area contributed by atoms with Crippen LogP contribution in [0.1, 0.15) is 12.8 Å². The molecule has 1 aromatic rings. The van der Waals surface area contributed by atoms with Crippen LogP contribution in [0.2, 0.25) is 0 Å². The lowest BCUT2D eigenvalue weighted by Gasteiger charge is -2.22. The zero-order chi connectivity index (χ0) is 18.0. The van der Waals surface area contributed by atoms with Crippen LogP contribution in [0.25, 0.3) is 0 Å². The summed E-state index contributed by atoms with van der Waals surface area (Å²) in [6.07, 6.45) is 0.940. The van der Waals surface area contributed by atoms with Crippen LogP contribution in [0.5, 0.6) is 0 Å². The van der Waals surface area contributed by atoms with Gasteiger partial charge in [-0.3, -0.25) is 9.69 Å². The van der Waals surface area contributed by atoms with Crippen LogP contribution < -0.4 is 4.90 Å². The highest BCUT2D eigenvalue weighted by atomic mass is 32.2. The van der Waals surface area contributed by atoms with E-state index in [2.05, 4.69) is 0 Å². The molecule has 1 aromatic carbocycles. The molecule has 136 valence electrons. The Labute approximate surface area is 147 Å².